The quantitative estimate of drug-likeness (QED) is 0.799. The van der Waals surface area contributed by atoms with E-state index in [1.807, 2.05) is 13.2 Å². The van der Waals surface area contributed by atoms with Crippen molar-refractivity contribution in [2.24, 2.45) is 7.05 Å². The van der Waals surface area contributed by atoms with Crippen LogP contribution in [0.1, 0.15) is 36.0 Å². The van der Waals surface area contributed by atoms with Crippen molar-refractivity contribution in [1.29, 1.82) is 0 Å². The van der Waals surface area contributed by atoms with Gasteiger partial charge in [0.1, 0.15) is 0 Å². The van der Waals surface area contributed by atoms with Crippen LogP contribution in [0, 0.1) is 0 Å². The van der Waals surface area contributed by atoms with Gasteiger partial charge in [-0.2, -0.15) is 5.10 Å². The van der Waals surface area contributed by atoms with Crippen LogP contribution in [-0.2, 0) is 7.05 Å². The second kappa shape index (κ2) is 5.73. The Kier molecular flexibility index (Phi) is 3.79. The molecule has 21 heavy (non-hydrogen) atoms. The molecule has 1 aliphatic rings. The summed E-state index contributed by atoms with van der Waals surface area (Å²) in [6.45, 7) is 0. The molecule has 3 N–H and O–H groups in total. The van der Waals surface area contributed by atoms with Crippen LogP contribution in [0.25, 0.3) is 11.1 Å². The predicted molar refractivity (Wildman–Crippen MR) is 78.7 cm³/mol. The molecule has 2 atom stereocenters. The number of carbonyl (C=O) groups is 1. The highest BCUT2D eigenvalue weighted by Gasteiger charge is 2.26. The van der Waals surface area contributed by atoms with Crippen molar-refractivity contribution in [3.8, 4) is 11.1 Å². The maximum atomic E-state index is 12.5. The van der Waals surface area contributed by atoms with Gasteiger partial charge in [0, 0.05) is 36.8 Å². The van der Waals surface area contributed by atoms with Gasteiger partial charge < -0.3 is 15.4 Å². The van der Waals surface area contributed by atoms with Crippen LogP contribution >= 0.6 is 0 Å². The normalized spacial score (nSPS) is 22.2. The van der Waals surface area contributed by atoms with Crippen molar-refractivity contribution in [3.05, 3.63) is 30.4 Å². The first-order chi connectivity index (χ1) is 10.1. The fourth-order valence-electron chi connectivity index (χ4n) is 2.88. The molecule has 6 nitrogen and oxygen atoms in total. The van der Waals surface area contributed by atoms with Gasteiger partial charge in [0.15, 0.2) is 0 Å². The van der Waals surface area contributed by atoms with Crippen molar-refractivity contribution in [2.45, 2.75) is 37.8 Å². The average Bonchev–Trinajstić information content (AvgIpc) is 3.09. The van der Waals surface area contributed by atoms with Crippen molar-refractivity contribution >= 4 is 5.91 Å². The molecular formula is C15H20N4O2. The number of aliphatic hydroxyl groups is 1. The molecule has 1 saturated carbocycles. The Hall–Kier alpha value is -2.08. The van der Waals surface area contributed by atoms with E-state index in [0.717, 1.165) is 36.8 Å². The molecule has 2 heterocycles. The van der Waals surface area contributed by atoms with Crippen LogP contribution in [0.5, 0.6) is 0 Å². The third kappa shape index (κ3) is 2.85. The molecule has 0 unspecified atom stereocenters. The van der Waals surface area contributed by atoms with Crippen LogP contribution in [0.3, 0.4) is 0 Å². The molecule has 112 valence electrons. The maximum Gasteiger partial charge on any atom is 0.253 e. The first-order valence-electron chi connectivity index (χ1n) is 7.30. The molecular weight excluding hydrogens is 268 g/mol. The van der Waals surface area contributed by atoms with E-state index in [2.05, 4.69) is 15.4 Å². The Balaban J connectivity index is 1.78. The molecule has 0 aliphatic heterocycles. The largest absolute Gasteiger partial charge is 0.391 e. The van der Waals surface area contributed by atoms with Gasteiger partial charge in [-0.05, 0) is 12.8 Å². The van der Waals surface area contributed by atoms with Crippen molar-refractivity contribution in [3.63, 3.8) is 0 Å². The summed E-state index contributed by atoms with van der Waals surface area (Å²) in [4.78, 5) is 15.4. The van der Waals surface area contributed by atoms with Gasteiger partial charge in [-0.25, -0.2) is 0 Å². The zero-order valence-corrected chi connectivity index (χ0v) is 12.0. The van der Waals surface area contributed by atoms with Crippen LogP contribution in [0.4, 0.5) is 0 Å². The Morgan fingerprint density at radius 1 is 1.43 bits per heavy atom. The van der Waals surface area contributed by atoms with Crippen LogP contribution < -0.4 is 5.32 Å². The second-order valence-electron chi connectivity index (χ2n) is 5.62. The number of hydrogen-bond donors (Lipinski definition) is 3. The zero-order valence-electron chi connectivity index (χ0n) is 12.0. The van der Waals surface area contributed by atoms with Crippen molar-refractivity contribution < 1.29 is 9.90 Å². The van der Waals surface area contributed by atoms with E-state index in [9.17, 15) is 9.90 Å². The molecule has 1 amide bonds. The SMILES string of the molecule is Cn1cc(-c2c[nH]cc2C(=O)N[C@H]2CCCC[C@@H]2O)cn1. The van der Waals surface area contributed by atoms with Crippen molar-refractivity contribution in [2.75, 3.05) is 0 Å². The minimum Gasteiger partial charge on any atom is -0.391 e. The summed E-state index contributed by atoms with van der Waals surface area (Å²) in [5, 5.41) is 17.1. The van der Waals surface area contributed by atoms with Gasteiger partial charge in [0.05, 0.1) is 23.9 Å². The summed E-state index contributed by atoms with van der Waals surface area (Å²) < 4.78 is 1.70. The lowest BCUT2D eigenvalue weighted by Crippen LogP contribution is -2.45. The molecule has 2 aromatic heterocycles. The summed E-state index contributed by atoms with van der Waals surface area (Å²) in [6.07, 6.45) is 10.3. The molecule has 2 aromatic rings. The zero-order chi connectivity index (χ0) is 14.8. The lowest BCUT2D eigenvalue weighted by Gasteiger charge is -2.28. The Bertz CT molecular complexity index is 631. The standard InChI is InChI=1S/C15H20N4O2/c1-19-9-10(6-17-19)11-7-16-8-12(11)15(21)18-13-4-2-3-5-14(13)20/h6-9,13-14,16,20H,2-5H2,1H3,(H,18,21)/t13-,14-/m0/s1. The molecule has 0 aromatic carbocycles. The fraction of sp³-hybridized carbons (Fsp3) is 0.467. The van der Waals surface area contributed by atoms with E-state index in [4.69, 9.17) is 0 Å². The van der Waals surface area contributed by atoms with Crippen LogP contribution in [-0.4, -0.2) is 37.9 Å². The van der Waals surface area contributed by atoms with Crippen LogP contribution in [0.15, 0.2) is 24.8 Å². The number of nitrogens with one attached hydrogen (secondary N) is 2. The summed E-state index contributed by atoms with van der Waals surface area (Å²) in [5.74, 6) is -0.152. The number of aliphatic hydroxyl groups excluding tert-OH is 1. The van der Waals surface area contributed by atoms with E-state index < -0.39 is 6.10 Å². The minimum absolute atomic E-state index is 0.150. The number of hydrogen-bond acceptors (Lipinski definition) is 3. The number of carbonyl (C=O) groups excluding carboxylic acids is 1. The summed E-state index contributed by atoms with van der Waals surface area (Å²) in [5.41, 5.74) is 2.31. The molecule has 1 aliphatic carbocycles. The molecule has 0 radical (unpaired) electrons. The van der Waals surface area contributed by atoms with Gasteiger partial charge in [0.2, 0.25) is 0 Å². The lowest BCUT2D eigenvalue weighted by molar-refractivity contribution is 0.0718. The maximum absolute atomic E-state index is 12.5. The van der Waals surface area contributed by atoms with Gasteiger partial charge in [-0.15, -0.1) is 0 Å². The number of rotatable bonds is 3. The number of nitrogens with zero attached hydrogens (tertiary/aromatic N) is 2. The minimum atomic E-state index is -0.441. The van der Waals surface area contributed by atoms with E-state index in [0.29, 0.717) is 5.56 Å². The van der Waals surface area contributed by atoms with Gasteiger partial charge in [-0.1, -0.05) is 12.8 Å². The predicted octanol–water partition coefficient (Wildman–Crippen LogP) is 1.45. The van der Waals surface area contributed by atoms with Gasteiger partial charge in [-0.3, -0.25) is 9.48 Å². The number of H-pyrrole nitrogens is 1. The molecule has 0 spiro atoms. The molecule has 6 heteroatoms. The monoisotopic (exact) mass is 288 g/mol. The first kappa shape index (κ1) is 13.9. The Morgan fingerprint density at radius 2 is 2.24 bits per heavy atom. The number of aromatic amines is 1. The number of aryl methyl sites for hydroxylation is 1. The summed E-state index contributed by atoms with van der Waals surface area (Å²) in [6, 6.07) is -0.150. The number of aromatic nitrogens is 3. The van der Waals surface area contributed by atoms with E-state index in [-0.39, 0.29) is 11.9 Å². The van der Waals surface area contributed by atoms with E-state index >= 15 is 0 Å². The first-order valence-corrected chi connectivity index (χ1v) is 7.30. The third-order valence-electron chi connectivity index (χ3n) is 4.05. The second-order valence-corrected chi connectivity index (χ2v) is 5.62. The molecule has 1 fully saturated rings. The summed E-state index contributed by atoms with van der Waals surface area (Å²) in [7, 11) is 1.84. The highest BCUT2D eigenvalue weighted by atomic mass is 16.3. The number of amides is 1. The highest BCUT2D eigenvalue weighted by Crippen LogP contribution is 2.24. The Labute approximate surface area is 123 Å². The third-order valence-corrected chi connectivity index (χ3v) is 4.05. The van der Waals surface area contributed by atoms with Crippen molar-refractivity contribution in [1.82, 2.24) is 20.1 Å². The van der Waals surface area contributed by atoms with E-state index in [1.54, 1.807) is 23.3 Å². The Morgan fingerprint density at radius 3 is 2.95 bits per heavy atom. The van der Waals surface area contributed by atoms with Gasteiger partial charge >= 0.3 is 0 Å². The fourth-order valence-corrected chi connectivity index (χ4v) is 2.88. The molecule has 0 saturated heterocycles. The van der Waals surface area contributed by atoms with Crippen LogP contribution in [0.2, 0.25) is 0 Å². The highest BCUT2D eigenvalue weighted by molar-refractivity contribution is 6.00. The van der Waals surface area contributed by atoms with Gasteiger partial charge in [0.25, 0.3) is 5.91 Å². The lowest BCUT2D eigenvalue weighted by atomic mass is 9.92. The smallest absolute Gasteiger partial charge is 0.253 e. The topological polar surface area (TPSA) is 82.9 Å². The average molecular weight is 288 g/mol. The van der Waals surface area contributed by atoms with E-state index in [1.165, 1.54) is 0 Å². The molecule has 3 rings (SSSR count). The summed E-state index contributed by atoms with van der Waals surface area (Å²) >= 11 is 0. The molecule has 0 bridgehead atoms.